The predicted molar refractivity (Wildman–Crippen MR) is 90.0 cm³/mol. The fraction of sp³-hybridized carbons (Fsp3) is 0.500. The summed E-state index contributed by atoms with van der Waals surface area (Å²) >= 11 is 0. The van der Waals surface area contributed by atoms with Gasteiger partial charge in [0.2, 0.25) is 5.91 Å². The van der Waals surface area contributed by atoms with E-state index in [2.05, 4.69) is 15.4 Å². The smallest absolute Gasteiger partial charge is 0.308 e. The van der Waals surface area contributed by atoms with Crippen molar-refractivity contribution in [2.45, 2.75) is 19.3 Å². The van der Waals surface area contributed by atoms with Gasteiger partial charge in [0, 0.05) is 11.6 Å². The molecule has 6 nitrogen and oxygen atoms in total. The van der Waals surface area contributed by atoms with E-state index < -0.39 is 0 Å². The summed E-state index contributed by atoms with van der Waals surface area (Å²) in [5.41, 5.74) is 0.754. The highest BCUT2D eigenvalue weighted by Crippen LogP contribution is 2.19. The van der Waals surface area contributed by atoms with E-state index in [0.29, 0.717) is 5.75 Å². The molecule has 2 N–H and O–H groups in total. The Kier molecular flexibility index (Phi) is 8.43. The second kappa shape index (κ2) is 10.1. The second-order valence-corrected chi connectivity index (χ2v) is 5.21. The number of rotatable bonds is 6. The Morgan fingerprint density at radius 2 is 1.87 bits per heavy atom. The third-order valence-electron chi connectivity index (χ3n) is 3.63. The van der Waals surface area contributed by atoms with Gasteiger partial charge >= 0.3 is 5.97 Å². The van der Waals surface area contributed by atoms with E-state index in [9.17, 15) is 9.59 Å². The zero-order valence-corrected chi connectivity index (χ0v) is 14.0. The van der Waals surface area contributed by atoms with Crippen LogP contribution in [0.4, 0.5) is 5.69 Å². The van der Waals surface area contributed by atoms with Crippen LogP contribution >= 0.6 is 12.4 Å². The van der Waals surface area contributed by atoms with Crippen LogP contribution in [0.15, 0.2) is 24.3 Å². The van der Waals surface area contributed by atoms with Gasteiger partial charge in [0.1, 0.15) is 5.75 Å². The summed E-state index contributed by atoms with van der Waals surface area (Å²) in [4.78, 5) is 23.1. The molecule has 23 heavy (non-hydrogen) atoms. The number of esters is 1. The van der Waals surface area contributed by atoms with Crippen molar-refractivity contribution in [2.24, 2.45) is 5.92 Å². The van der Waals surface area contributed by atoms with Crippen LogP contribution in [0.2, 0.25) is 0 Å². The lowest BCUT2D eigenvalue weighted by molar-refractivity contribution is -0.141. The fourth-order valence-corrected chi connectivity index (χ4v) is 2.32. The van der Waals surface area contributed by atoms with Gasteiger partial charge in [-0.05, 0) is 50.2 Å². The maximum Gasteiger partial charge on any atom is 0.308 e. The molecule has 0 radical (unpaired) electrons. The average Bonchev–Trinajstić information content (AvgIpc) is 2.57. The summed E-state index contributed by atoms with van der Waals surface area (Å²) in [6.07, 6.45) is 1.96. The van der Waals surface area contributed by atoms with Crippen LogP contribution in [0.5, 0.6) is 5.75 Å². The number of hydrogen-bond acceptors (Lipinski definition) is 5. The van der Waals surface area contributed by atoms with Gasteiger partial charge < -0.3 is 20.1 Å². The first-order chi connectivity index (χ1) is 10.7. The molecule has 1 aliphatic rings. The number of nitrogens with one attached hydrogen (secondary N) is 2. The van der Waals surface area contributed by atoms with Crippen molar-refractivity contribution < 1.29 is 19.1 Å². The number of carbonyl (C=O) groups excluding carboxylic acids is 2. The van der Waals surface area contributed by atoms with Gasteiger partial charge in [-0.2, -0.15) is 0 Å². The van der Waals surface area contributed by atoms with Crippen LogP contribution in [0.3, 0.4) is 0 Å². The molecular weight excluding hydrogens is 320 g/mol. The molecule has 1 aromatic rings. The number of ether oxygens (including phenoxy) is 2. The molecule has 0 saturated carbocycles. The first-order valence-corrected chi connectivity index (χ1v) is 7.50. The van der Waals surface area contributed by atoms with Gasteiger partial charge in [-0.15, -0.1) is 12.4 Å². The third kappa shape index (κ3) is 6.46. The molecule has 0 atom stereocenters. The molecule has 1 amide bonds. The minimum atomic E-state index is -0.300. The largest absolute Gasteiger partial charge is 0.493 e. The number of hydrogen-bond donors (Lipinski definition) is 2. The summed E-state index contributed by atoms with van der Waals surface area (Å²) in [5, 5.41) is 6.17. The van der Waals surface area contributed by atoms with Crippen LogP contribution in [0.25, 0.3) is 0 Å². The fourth-order valence-electron chi connectivity index (χ4n) is 2.32. The first kappa shape index (κ1) is 19.3. The van der Waals surface area contributed by atoms with Crippen LogP contribution in [0, 0.1) is 5.92 Å². The van der Waals surface area contributed by atoms with Gasteiger partial charge in [-0.3, -0.25) is 9.59 Å². The molecule has 1 aliphatic heterocycles. The van der Waals surface area contributed by atoms with Crippen LogP contribution in [0.1, 0.15) is 19.3 Å². The maximum absolute atomic E-state index is 12.1. The number of anilines is 1. The van der Waals surface area contributed by atoms with Crippen LogP contribution in [-0.4, -0.2) is 38.7 Å². The van der Waals surface area contributed by atoms with E-state index in [1.165, 1.54) is 7.11 Å². The number of piperidine rings is 1. The number of halogens is 1. The highest BCUT2D eigenvalue weighted by Gasteiger charge is 2.20. The van der Waals surface area contributed by atoms with E-state index in [4.69, 9.17) is 4.74 Å². The van der Waals surface area contributed by atoms with Crippen molar-refractivity contribution in [1.82, 2.24) is 5.32 Å². The zero-order chi connectivity index (χ0) is 15.8. The van der Waals surface area contributed by atoms with Gasteiger partial charge in [-0.25, -0.2) is 0 Å². The van der Waals surface area contributed by atoms with Crippen molar-refractivity contribution in [3.05, 3.63) is 24.3 Å². The number of carbonyl (C=O) groups is 2. The summed E-state index contributed by atoms with van der Waals surface area (Å²) in [7, 11) is 1.35. The standard InChI is InChI=1S/C16H22N2O4.ClH/c1-21-15(19)8-11-22-14-4-2-13(3-5-14)18-16(20)12-6-9-17-10-7-12;/h2-5,12,17H,6-11H2,1H3,(H,18,20);1H. The minimum absolute atomic E-state index is 0. The van der Waals surface area contributed by atoms with Crippen molar-refractivity contribution in [1.29, 1.82) is 0 Å². The van der Waals surface area contributed by atoms with Crippen molar-refractivity contribution in [3.8, 4) is 5.75 Å². The number of methoxy groups -OCH3 is 1. The highest BCUT2D eigenvalue weighted by atomic mass is 35.5. The Bertz CT molecular complexity index is 501. The number of benzene rings is 1. The van der Waals surface area contributed by atoms with Gasteiger partial charge in [0.25, 0.3) is 0 Å². The quantitative estimate of drug-likeness (QED) is 0.773. The lowest BCUT2D eigenvalue weighted by atomic mass is 9.97. The topological polar surface area (TPSA) is 76.7 Å². The predicted octanol–water partition coefficient (Wildman–Crippen LogP) is 1.99. The lowest BCUT2D eigenvalue weighted by Gasteiger charge is -2.21. The maximum atomic E-state index is 12.1. The molecule has 1 heterocycles. The summed E-state index contributed by atoms with van der Waals surface area (Å²) < 4.78 is 9.97. The van der Waals surface area contributed by atoms with Gasteiger partial charge in [-0.1, -0.05) is 0 Å². The van der Waals surface area contributed by atoms with E-state index >= 15 is 0 Å². The van der Waals surface area contributed by atoms with E-state index in [1.807, 2.05) is 0 Å². The summed E-state index contributed by atoms with van der Waals surface area (Å²) in [6, 6.07) is 7.14. The van der Waals surface area contributed by atoms with Crippen molar-refractivity contribution in [3.63, 3.8) is 0 Å². The van der Waals surface area contributed by atoms with Crippen molar-refractivity contribution in [2.75, 3.05) is 32.1 Å². The first-order valence-electron chi connectivity index (χ1n) is 7.50. The van der Waals surface area contributed by atoms with E-state index in [0.717, 1.165) is 31.6 Å². The van der Waals surface area contributed by atoms with Crippen LogP contribution in [-0.2, 0) is 14.3 Å². The summed E-state index contributed by atoms with van der Waals surface area (Å²) in [6.45, 7) is 2.06. The molecule has 0 unspecified atom stereocenters. The van der Waals surface area contributed by atoms with Gasteiger partial charge in [0.05, 0.1) is 20.1 Å². The molecule has 7 heteroatoms. The Morgan fingerprint density at radius 3 is 2.48 bits per heavy atom. The third-order valence-corrected chi connectivity index (χ3v) is 3.63. The monoisotopic (exact) mass is 342 g/mol. The normalized spacial score (nSPS) is 14.5. The molecule has 1 saturated heterocycles. The van der Waals surface area contributed by atoms with E-state index in [1.54, 1.807) is 24.3 Å². The van der Waals surface area contributed by atoms with Crippen molar-refractivity contribution >= 4 is 30.0 Å². The summed E-state index contributed by atoms with van der Waals surface area (Å²) in [5.74, 6) is 0.507. The minimum Gasteiger partial charge on any atom is -0.493 e. The lowest BCUT2D eigenvalue weighted by Crippen LogP contribution is -2.34. The number of amides is 1. The molecule has 0 spiro atoms. The second-order valence-electron chi connectivity index (χ2n) is 5.21. The molecule has 0 aliphatic carbocycles. The zero-order valence-electron chi connectivity index (χ0n) is 13.2. The molecule has 128 valence electrons. The Balaban J connectivity index is 0.00000264. The van der Waals surface area contributed by atoms with Crippen LogP contribution < -0.4 is 15.4 Å². The van der Waals surface area contributed by atoms with E-state index in [-0.39, 0.29) is 43.2 Å². The molecule has 1 aromatic carbocycles. The highest BCUT2D eigenvalue weighted by molar-refractivity contribution is 5.92. The SMILES string of the molecule is COC(=O)CCOc1ccc(NC(=O)C2CCNCC2)cc1.Cl. The molecule has 1 fully saturated rings. The Hall–Kier alpha value is -1.79. The molecular formula is C16H23ClN2O4. The average molecular weight is 343 g/mol. The Morgan fingerprint density at radius 1 is 1.22 bits per heavy atom. The molecule has 0 aromatic heterocycles. The molecule has 0 bridgehead atoms. The molecule has 2 rings (SSSR count). The van der Waals surface area contributed by atoms with Gasteiger partial charge in [0.15, 0.2) is 0 Å². The Labute approximate surface area is 142 Å².